The lowest BCUT2D eigenvalue weighted by Gasteiger charge is -2.42. The molecule has 2 N–H and O–H groups in total. The van der Waals surface area contributed by atoms with Crippen molar-refractivity contribution in [3.05, 3.63) is 18.1 Å². The number of nitrogens with two attached hydrogens (primary N) is 1. The van der Waals surface area contributed by atoms with Crippen LogP contribution in [-0.4, -0.2) is 30.6 Å². The van der Waals surface area contributed by atoms with Gasteiger partial charge in [0.25, 0.3) is 0 Å². The van der Waals surface area contributed by atoms with Crippen molar-refractivity contribution < 1.29 is 8.82 Å². The average Bonchev–Trinajstić information content (AvgIpc) is 2.40. The molecule has 0 bridgehead atoms. The third-order valence-corrected chi connectivity index (χ3v) is 9.61. The van der Waals surface area contributed by atoms with Crippen LogP contribution in [0.3, 0.4) is 0 Å². The summed E-state index contributed by atoms with van der Waals surface area (Å²) in [4.78, 5) is 8.35. The summed E-state index contributed by atoms with van der Waals surface area (Å²) < 4.78 is 20.9. The van der Waals surface area contributed by atoms with Crippen LogP contribution in [0.4, 0.5) is 10.2 Å². The lowest BCUT2D eigenvalue weighted by Crippen LogP contribution is -2.47. The van der Waals surface area contributed by atoms with Gasteiger partial charge in [-0.25, -0.2) is 9.37 Å². The maximum Gasteiger partial charge on any atom is 0.192 e. The second-order valence-corrected chi connectivity index (χ2v) is 12.5. The molecule has 0 aliphatic heterocycles. The van der Waals surface area contributed by atoms with Crippen LogP contribution >= 0.6 is 0 Å². The van der Waals surface area contributed by atoms with Gasteiger partial charge in [-0.05, 0) is 37.4 Å². The summed E-state index contributed by atoms with van der Waals surface area (Å²) in [5.74, 6) is 0.464. The summed E-state index contributed by atoms with van der Waals surface area (Å²) in [5.41, 5.74) is 6.60. The predicted octanol–water partition coefficient (Wildman–Crippen LogP) is 4.05. The Labute approximate surface area is 133 Å². The molecule has 1 aromatic heterocycles. The first-order valence-corrected chi connectivity index (χ1v) is 10.9. The van der Waals surface area contributed by atoms with Gasteiger partial charge in [0, 0.05) is 18.3 Å². The van der Waals surface area contributed by atoms with Crippen LogP contribution < -0.4 is 5.73 Å². The lowest BCUT2D eigenvalue weighted by atomic mass is 9.84. The van der Waals surface area contributed by atoms with Crippen LogP contribution in [0.15, 0.2) is 12.4 Å². The molecule has 3 atom stereocenters. The average molecular weight is 326 g/mol. The molecular formula is C16H28FN3OSi. The third-order valence-electron chi connectivity index (χ3n) is 5.11. The van der Waals surface area contributed by atoms with E-state index in [0.29, 0.717) is 18.7 Å². The van der Waals surface area contributed by atoms with Crippen molar-refractivity contribution in [1.82, 2.24) is 9.97 Å². The fourth-order valence-corrected chi connectivity index (χ4v) is 4.07. The van der Waals surface area contributed by atoms with Crippen LogP contribution in [0.25, 0.3) is 0 Å². The van der Waals surface area contributed by atoms with Crippen LogP contribution in [0.5, 0.6) is 0 Å². The topological polar surface area (TPSA) is 61.0 Å². The minimum absolute atomic E-state index is 0.0444. The molecule has 1 heterocycles. The van der Waals surface area contributed by atoms with Gasteiger partial charge in [-0.15, -0.1) is 0 Å². The number of nitrogen functional groups attached to an aromatic ring is 1. The fourth-order valence-electron chi connectivity index (χ4n) is 2.70. The third kappa shape index (κ3) is 3.66. The van der Waals surface area contributed by atoms with E-state index in [-0.39, 0.29) is 17.1 Å². The standard InChI is InChI=1S/C16H28FN3OSi/c1-16(2,3)22(4,5)21-13-7-6-11(10-12(13)17)14-15(18)20-9-8-19-14/h8-9,11-13H,6-7,10H2,1-5H3,(H2,18,20)/t11-,12-,13-/m0/s1. The highest BCUT2D eigenvalue weighted by atomic mass is 28.4. The molecule has 0 aromatic carbocycles. The Hall–Kier alpha value is -1.01. The van der Waals surface area contributed by atoms with Crippen molar-refractivity contribution in [1.29, 1.82) is 0 Å². The van der Waals surface area contributed by atoms with E-state index in [4.69, 9.17) is 10.2 Å². The van der Waals surface area contributed by atoms with Gasteiger partial charge in [-0.3, -0.25) is 4.98 Å². The zero-order chi connectivity index (χ0) is 16.5. The van der Waals surface area contributed by atoms with Gasteiger partial charge in [0.15, 0.2) is 8.32 Å². The first-order chi connectivity index (χ1) is 10.1. The van der Waals surface area contributed by atoms with E-state index in [2.05, 4.69) is 43.8 Å². The first-order valence-electron chi connectivity index (χ1n) is 8.00. The Morgan fingerprint density at radius 2 is 1.86 bits per heavy atom. The number of aromatic nitrogens is 2. The summed E-state index contributed by atoms with van der Waals surface area (Å²) in [6.07, 6.45) is 3.91. The molecule has 0 spiro atoms. The minimum Gasteiger partial charge on any atom is -0.411 e. The lowest BCUT2D eigenvalue weighted by molar-refractivity contribution is 0.0449. The van der Waals surface area contributed by atoms with Crippen molar-refractivity contribution in [3.8, 4) is 0 Å². The molecule has 22 heavy (non-hydrogen) atoms. The molecule has 1 aliphatic carbocycles. The van der Waals surface area contributed by atoms with Crippen molar-refractivity contribution in [2.45, 2.75) is 76.4 Å². The van der Waals surface area contributed by atoms with Gasteiger partial charge in [-0.2, -0.15) is 0 Å². The van der Waals surface area contributed by atoms with E-state index in [1.165, 1.54) is 0 Å². The number of nitrogens with zero attached hydrogens (tertiary/aromatic N) is 2. The first kappa shape index (κ1) is 17.3. The fraction of sp³-hybridized carbons (Fsp3) is 0.750. The zero-order valence-corrected chi connectivity index (χ0v) is 15.3. The van der Waals surface area contributed by atoms with Crippen LogP contribution in [-0.2, 0) is 4.43 Å². The van der Waals surface area contributed by atoms with E-state index in [9.17, 15) is 4.39 Å². The molecule has 0 amide bonds. The Bertz CT molecular complexity index is 518. The monoisotopic (exact) mass is 325 g/mol. The quantitative estimate of drug-likeness (QED) is 0.852. The molecule has 1 saturated carbocycles. The van der Waals surface area contributed by atoms with Gasteiger partial charge in [0.1, 0.15) is 12.0 Å². The molecule has 0 radical (unpaired) electrons. The molecule has 4 nitrogen and oxygen atoms in total. The van der Waals surface area contributed by atoms with Crippen molar-refractivity contribution in [2.75, 3.05) is 5.73 Å². The zero-order valence-electron chi connectivity index (χ0n) is 14.3. The maximum absolute atomic E-state index is 14.6. The largest absolute Gasteiger partial charge is 0.411 e. The summed E-state index contributed by atoms with van der Waals surface area (Å²) in [5, 5.41) is 0.0961. The number of hydrogen-bond donors (Lipinski definition) is 1. The van der Waals surface area contributed by atoms with E-state index >= 15 is 0 Å². The summed E-state index contributed by atoms with van der Waals surface area (Å²) in [6, 6.07) is 0. The molecule has 124 valence electrons. The molecule has 0 unspecified atom stereocenters. The summed E-state index contributed by atoms with van der Waals surface area (Å²) >= 11 is 0. The van der Waals surface area contributed by atoms with Crippen molar-refractivity contribution in [2.24, 2.45) is 0 Å². The van der Waals surface area contributed by atoms with Gasteiger partial charge < -0.3 is 10.2 Å². The normalized spacial score (nSPS) is 26.9. The number of hydrogen-bond acceptors (Lipinski definition) is 4. The molecule has 0 saturated heterocycles. The van der Waals surface area contributed by atoms with Gasteiger partial charge in [0.05, 0.1) is 11.8 Å². The SMILES string of the molecule is CC(C)(C)[Si](C)(C)O[C@H]1CC[C@H](c2nccnc2N)C[C@@H]1F. The Kier molecular flexibility index (Phi) is 4.92. The Balaban J connectivity index is 2.03. The molecule has 1 fully saturated rings. The van der Waals surface area contributed by atoms with Gasteiger partial charge >= 0.3 is 0 Å². The van der Waals surface area contributed by atoms with Crippen molar-refractivity contribution in [3.63, 3.8) is 0 Å². The Morgan fingerprint density at radius 1 is 1.23 bits per heavy atom. The highest BCUT2D eigenvalue weighted by Gasteiger charge is 2.43. The highest BCUT2D eigenvalue weighted by Crippen LogP contribution is 2.42. The van der Waals surface area contributed by atoms with E-state index in [1.807, 2.05) is 0 Å². The molecule has 1 aromatic rings. The van der Waals surface area contributed by atoms with Crippen LogP contribution in [0.1, 0.15) is 51.6 Å². The van der Waals surface area contributed by atoms with E-state index in [0.717, 1.165) is 12.1 Å². The van der Waals surface area contributed by atoms with Crippen molar-refractivity contribution >= 4 is 14.1 Å². The molecule has 6 heteroatoms. The molecule has 1 aliphatic rings. The molecular weight excluding hydrogens is 297 g/mol. The number of anilines is 1. The van der Waals surface area contributed by atoms with Crippen LogP contribution in [0.2, 0.25) is 18.1 Å². The highest BCUT2D eigenvalue weighted by molar-refractivity contribution is 6.74. The predicted molar refractivity (Wildman–Crippen MR) is 90.0 cm³/mol. The second kappa shape index (κ2) is 6.24. The minimum atomic E-state index is -1.94. The van der Waals surface area contributed by atoms with Gasteiger partial charge in [-0.1, -0.05) is 20.8 Å². The van der Waals surface area contributed by atoms with Crippen LogP contribution in [0, 0.1) is 0 Å². The second-order valence-electron chi connectivity index (χ2n) is 7.77. The Morgan fingerprint density at radius 3 is 2.41 bits per heavy atom. The van der Waals surface area contributed by atoms with E-state index < -0.39 is 14.5 Å². The number of rotatable bonds is 3. The van der Waals surface area contributed by atoms with E-state index in [1.54, 1.807) is 12.4 Å². The number of alkyl halides is 1. The van der Waals surface area contributed by atoms with Gasteiger partial charge in [0.2, 0.25) is 0 Å². The number of halogens is 1. The summed E-state index contributed by atoms with van der Waals surface area (Å²) in [6.45, 7) is 10.9. The molecule has 2 rings (SSSR count). The summed E-state index contributed by atoms with van der Waals surface area (Å²) in [7, 11) is -1.94. The maximum atomic E-state index is 14.6. The smallest absolute Gasteiger partial charge is 0.192 e.